The van der Waals surface area contributed by atoms with Crippen molar-refractivity contribution in [1.82, 2.24) is 0 Å². The lowest BCUT2D eigenvalue weighted by Gasteiger charge is -2.15. The van der Waals surface area contributed by atoms with Gasteiger partial charge in [0.2, 0.25) is 0 Å². The van der Waals surface area contributed by atoms with Crippen LogP contribution in [0.25, 0.3) is 0 Å². The third-order valence-corrected chi connectivity index (χ3v) is 3.82. The summed E-state index contributed by atoms with van der Waals surface area (Å²) < 4.78 is 10.8. The van der Waals surface area contributed by atoms with Crippen LogP contribution in [0.3, 0.4) is 0 Å². The van der Waals surface area contributed by atoms with E-state index in [-0.39, 0.29) is 5.91 Å². The largest absolute Gasteiger partial charge is 0.493 e. The van der Waals surface area contributed by atoms with E-state index < -0.39 is 0 Å². The van der Waals surface area contributed by atoms with Gasteiger partial charge < -0.3 is 14.8 Å². The zero-order chi connectivity index (χ0) is 17.7. The van der Waals surface area contributed by atoms with Gasteiger partial charge in [0.15, 0.2) is 11.5 Å². The number of hydrogen-bond donors (Lipinski definition) is 1. The Morgan fingerprint density at radius 1 is 1.17 bits per heavy atom. The van der Waals surface area contributed by atoms with Gasteiger partial charge in [-0.25, -0.2) is 0 Å². The van der Waals surface area contributed by atoms with Crippen molar-refractivity contribution >= 4 is 11.6 Å². The summed E-state index contributed by atoms with van der Waals surface area (Å²) >= 11 is 0. The number of aryl methyl sites for hydroxylation is 2. The highest BCUT2D eigenvalue weighted by atomic mass is 16.5. The second kappa shape index (κ2) is 7.68. The molecule has 1 amide bonds. The van der Waals surface area contributed by atoms with Crippen molar-refractivity contribution in [3.63, 3.8) is 0 Å². The smallest absolute Gasteiger partial charge is 0.255 e. The van der Waals surface area contributed by atoms with Crippen molar-refractivity contribution in [2.75, 3.05) is 19.5 Å². The molecule has 2 aromatic rings. The number of benzene rings is 2. The lowest BCUT2D eigenvalue weighted by Crippen LogP contribution is -2.14. The van der Waals surface area contributed by atoms with E-state index in [1.165, 1.54) is 0 Å². The van der Waals surface area contributed by atoms with E-state index in [0.29, 0.717) is 23.5 Å². The molecule has 0 spiro atoms. The number of anilines is 1. The molecule has 0 aliphatic heterocycles. The molecule has 0 aliphatic rings. The summed E-state index contributed by atoms with van der Waals surface area (Å²) in [5.74, 6) is 0.971. The molecule has 2 rings (SSSR count). The van der Waals surface area contributed by atoms with Gasteiger partial charge in [0.25, 0.3) is 5.91 Å². The Balaban J connectivity index is 2.40. The molecule has 0 fully saturated rings. The predicted molar refractivity (Wildman–Crippen MR) is 97.3 cm³/mol. The molecule has 0 unspecified atom stereocenters. The Kier molecular flexibility index (Phi) is 5.64. The number of ether oxygens (including phenoxy) is 2. The molecule has 1 N–H and O–H groups in total. The number of carbonyl (C=O) groups excluding carboxylic acids is 1. The Hall–Kier alpha value is -2.75. The third kappa shape index (κ3) is 3.77. The molecule has 4 nitrogen and oxygen atoms in total. The molecule has 2 aromatic carbocycles. The molecule has 0 saturated carbocycles. The quantitative estimate of drug-likeness (QED) is 0.806. The minimum Gasteiger partial charge on any atom is -0.493 e. The third-order valence-electron chi connectivity index (χ3n) is 3.82. The van der Waals surface area contributed by atoms with Crippen LogP contribution in [0.2, 0.25) is 0 Å². The maximum Gasteiger partial charge on any atom is 0.255 e. The summed E-state index contributed by atoms with van der Waals surface area (Å²) in [6.07, 6.45) is 2.35. The Labute approximate surface area is 143 Å². The van der Waals surface area contributed by atoms with Gasteiger partial charge in [-0.05, 0) is 49.6 Å². The fraction of sp³-hybridized carbons (Fsp3) is 0.250. The van der Waals surface area contributed by atoms with Gasteiger partial charge in [0.1, 0.15) is 0 Å². The van der Waals surface area contributed by atoms with Gasteiger partial charge in [-0.3, -0.25) is 4.79 Å². The van der Waals surface area contributed by atoms with E-state index in [0.717, 1.165) is 22.4 Å². The van der Waals surface area contributed by atoms with E-state index in [1.54, 1.807) is 26.4 Å². The maximum atomic E-state index is 12.7. The second-order valence-electron chi connectivity index (χ2n) is 5.64. The molecule has 0 radical (unpaired) electrons. The van der Waals surface area contributed by atoms with E-state index >= 15 is 0 Å². The van der Waals surface area contributed by atoms with Crippen molar-refractivity contribution in [1.29, 1.82) is 0 Å². The first kappa shape index (κ1) is 17.6. The first-order chi connectivity index (χ1) is 11.5. The Morgan fingerprint density at radius 2 is 1.92 bits per heavy atom. The molecular formula is C20H23NO3. The van der Waals surface area contributed by atoms with Gasteiger partial charge in [-0.15, -0.1) is 6.58 Å². The average Bonchev–Trinajstić information content (AvgIpc) is 2.57. The average molecular weight is 325 g/mol. The highest BCUT2D eigenvalue weighted by molar-refractivity contribution is 6.05. The normalized spacial score (nSPS) is 10.2. The minimum atomic E-state index is -0.185. The van der Waals surface area contributed by atoms with Gasteiger partial charge in [0, 0.05) is 16.8 Å². The van der Waals surface area contributed by atoms with Crippen LogP contribution in [-0.2, 0) is 6.42 Å². The molecule has 0 aliphatic carbocycles. The van der Waals surface area contributed by atoms with Crippen molar-refractivity contribution < 1.29 is 14.3 Å². The van der Waals surface area contributed by atoms with Gasteiger partial charge >= 0.3 is 0 Å². The molecule has 0 heterocycles. The summed E-state index contributed by atoms with van der Waals surface area (Å²) in [4.78, 5) is 12.7. The maximum absolute atomic E-state index is 12.7. The lowest BCUT2D eigenvalue weighted by molar-refractivity contribution is 0.102. The molecule has 0 bridgehead atoms. The number of methoxy groups -OCH3 is 2. The zero-order valence-corrected chi connectivity index (χ0v) is 14.6. The predicted octanol–water partition coefficient (Wildman–Crippen LogP) is 4.30. The van der Waals surface area contributed by atoms with E-state index in [1.807, 2.05) is 38.1 Å². The molecule has 0 saturated heterocycles. The number of hydrogen-bond acceptors (Lipinski definition) is 3. The van der Waals surface area contributed by atoms with Crippen LogP contribution < -0.4 is 14.8 Å². The summed E-state index contributed by atoms with van der Waals surface area (Å²) in [6, 6.07) is 9.46. The Bertz CT molecular complexity index is 766. The monoisotopic (exact) mass is 325 g/mol. The fourth-order valence-electron chi connectivity index (χ4n) is 2.55. The summed E-state index contributed by atoms with van der Waals surface area (Å²) in [7, 11) is 3.14. The molecule has 4 heteroatoms. The highest BCUT2D eigenvalue weighted by Gasteiger charge is 2.16. The summed E-state index contributed by atoms with van der Waals surface area (Å²) in [6.45, 7) is 7.71. The second-order valence-corrected chi connectivity index (χ2v) is 5.64. The first-order valence-electron chi connectivity index (χ1n) is 7.74. The standard InChI is InChI=1S/C20H23NO3/c1-6-7-15-11-16(12-18(23-4)19(15)24-5)20(22)21-17-10-13(2)8-9-14(17)3/h6,8-12H,1,7H2,2-5H3,(H,21,22). The van der Waals surface area contributed by atoms with Crippen LogP contribution in [0, 0.1) is 13.8 Å². The minimum absolute atomic E-state index is 0.185. The van der Waals surface area contributed by atoms with Crippen molar-refractivity contribution in [3.05, 3.63) is 65.2 Å². The van der Waals surface area contributed by atoms with Crippen molar-refractivity contribution in [3.8, 4) is 11.5 Å². The van der Waals surface area contributed by atoms with Crippen molar-refractivity contribution in [2.45, 2.75) is 20.3 Å². The van der Waals surface area contributed by atoms with Crippen molar-refractivity contribution in [2.24, 2.45) is 0 Å². The fourth-order valence-corrected chi connectivity index (χ4v) is 2.55. The highest BCUT2D eigenvalue weighted by Crippen LogP contribution is 2.33. The molecule has 0 aromatic heterocycles. The van der Waals surface area contributed by atoms with E-state index in [4.69, 9.17) is 9.47 Å². The van der Waals surface area contributed by atoms with Crippen LogP contribution in [0.4, 0.5) is 5.69 Å². The van der Waals surface area contributed by atoms with Crippen LogP contribution in [0.15, 0.2) is 43.0 Å². The molecular weight excluding hydrogens is 302 g/mol. The summed E-state index contributed by atoms with van der Waals surface area (Å²) in [5.41, 5.74) is 4.29. The summed E-state index contributed by atoms with van der Waals surface area (Å²) in [5, 5.41) is 2.96. The number of allylic oxidation sites excluding steroid dienone is 1. The topological polar surface area (TPSA) is 47.6 Å². The van der Waals surface area contributed by atoms with Crippen LogP contribution >= 0.6 is 0 Å². The van der Waals surface area contributed by atoms with Crippen LogP contribution in [0.5, 0.6) is 11.5 Å². The van der Waals surface area contributed by atoms with Gasteiger partial charge in [-0.2, -0.15) is 0 Å². The Morgan fingerprint density at radius 3 is 2.54 bits per heavy atom. The number of rotatable bonds is 6. The van der Waals surface area contributed by atoms with Gasteiger partial charge in [-0.1, -0.05) is 18.2 Å². The molecule has 24 heavy (non-hydrogen) atoms. The number of nitrogens with one attached hydrogen (secondary N) is 1. The van der Waals surface area contributed by atoms with E-state index in [2.05, 4.69) is 11.9 Å². The van der Waals surface area contributed by atoms with Gasteiger partial charge in [0.05, 0.1) is 14.2 Å². The first-order valence-corrected chi connectivity index (χ1v) is 7.74. The SMILES string of the molecule is C=CCc1cc(C(=O)Nc2cc(C)ccc2C)cc(OC)c1OC. The molecule has 0 atom stereocenters. The van der Waals surface area contributed by atoms with Crippen LogP contribution in [0.1, 0.15) is 27.0 Å². The number of carbonyl (C=O) groups is 1. The molecule has 126 valence electrons. The zero-order valence-electron chi connectivity index (χ0n) is 14.6. The lowest BCUT2D eigenvalue weighted by atomic mass is 10.0. The number of amides is 1. The van der Waals surface area contributed by atoms with E-state index in [9.17, 15) is 4.79 Å². The van der Waals surface area contributed by atoms with Crippen LogP contribution in [-0.4, -0.2) is 20.1 Å².